The Kier molecular flexibility index (Phi) is 14.6. The van der Waals surface area contributed by atoms with E-state index in [4.69, 9.17) is 0 Å². The molecule has 0 fully saturated rings. The van der Waals surface area contributed by atoms with Gasteiger partial charge < -0.3 is 10.6 Å². The Bertz CT molecular complexity index is 742. The van der Waals surface area contributed by atoms with Gasteiger partial charge in [-0.1, -0.05) is 24.3 Å². The summed E-state index contributed by atoms with van der Waals surface area (Å²) in [5.41, 5.74) is 1.84. The zero-order valence-electron chi connectivity index (χ0n) is 20.1. The smallest absolute Gasteiger partial charge is 0.216 e. The van der Waals surface area contributed by atoms with E-state index in [0.29, 0.717) is 18.6 Å². The average Bonchev–Trinajstić information content (AvgIpc) is 2.63. The van der Waals surface area contributed by atoms with Crippen LogP contribution in [-0.4, -0.2) is 57.5 Å². The maximum Gasteiger partial charge on any atom is 0.216 e. The van der Waals surface area contributed by atoms with E-state index in [1.165, 1.54) is 0 Å². The second kappa shape index (κ2) is 15.0. The summed E-state index contributed by atoms with van der Waals surface area (Å²) in [6.07, 6.45) is 1.05. The van der Waals surface area contributed by atoms with Gasteiger partial charge in [0.05, 0.1) is 5.75 Å². The Balaban J connectivity index is 0.00000900. The molecule has 3 N–H and O–H groups in total. The van der Waals surface area contributed by atoms with Crippen molar-refractivity contribution in [1.29, 1.82) is 0 Å². The van der Waals surface area contributed by atoms with Gasteiger partial charge in [0.2, 0.25) is 10.0 Å². The molecule has 180 valence electrons. The van der Waals surface area contributed by atoms with E-state index >= 15 is 0 Å². The summed E-state index contributed by atoms with van der Waals surface area (Å²) in [6.45, 7) is 15.1. The molecule has 0 aliphatic heterocycles. The summed E-state index contributed by atoms with van der Waals surface area (Å²) in [4.78, 5) is 6.76. The van der Waals surface area contributed by atoms with Crippen molar-refractivity contribution in [1.82, 2.24) is 20.3 Å². The number of hydrogen-bond donors (Lipinski definition) is 3. The fraction of sp³-hybridized carbons (Fsp3) is 0.682. The summed E-state index contributed by atoms with van der Waals surface area (Å²) in [5.74, 6) is 0.759. The molecule has 31 heavy (non-hydrogen) atoms. The normalized spacial score (nSPS) is 12.5. The minimum atomic E-state index is -3.30. The number of nitrogens with zero attached hydrogens (tertiary/aromatic N) is 2. The summed E-state index contributed by atoms with van der Waals surface area (Å²) in [5, 5.41) is 6.67. The topological polar surface area (TPSA) is 85.8 Å². The first kappa shape index (κ1) is 30.1. The Morgan fingerprint density at radius 2 is 1.52 bits per heavy atom. The molecular weight excluding hydrogens is 525 g/mol. The van der Waals surface area contributed by atoms with Gasteiger partial charge in [0.1, 0.15) is 0 Å². The quantitative estimate of drug-likeness (QED) is 0.156. The van der Waals surface area contributed by atoms with Crippen LogP contribution in [0.25, 0.3) is 0 Å². The highest BCUT2D eigenvalue weighted by atomic mass is 127. The molecule has 0 saturated heterocycles. The lowest BCUT2D eigenvalue weighted by atomic mass is 10.1. The second-order valence-corrected chi connectivity index (χ2v) is 10.2. The lowest BCUT2D eigenvalue weighted by molar-refractivity contribution is 0.173. The van der Waals surface area contributed by atoms with Crippen molar-refractivity contribution in [3.63, 3.8) is 0 Å². The van der Waals surface area contributed by atoms with E-state index in [2.05, 4.69) is 52.9 Å². The summed E-state index contributed by atoms with van der Waals surface area (Å²) < 4.78 is 26.7. The molecule has 0 atom stereocenters. The van der Waals surface area contributed by atoms with Crippen molar-refractivity contribution in [3.05, 3.63) is 35.4 Å². The lowest BCUT2D eigenvalue weighted by Crippen LogP contribution is -2.41. The molecule has 7 nitrogen and oxygen atoms in total. The fourth-order valence-electron chi connectivity index (χ4n) is 3.36. The van der Waals surface area contributed by atoms with Crippen LogP contribution in [0, 0.1) is 0 Å². The van der Waals surface area contributed by atoms with Crippen molar-refractivity contribution < 1.29 is 8.42 Å². The Morgan fingerprint density at radius 1 is 0.968 bits per heavy atom. The predicted molar refractivity (Wildman–Crippen MR) is 143 cm³/mol. The average molecular weight is 568 g/mol. The molecule has 1 rings (SSSR count). The van der Waals surface area contributed by atoms with E-state index in [1.54, 1.807) is 7.05 Å². The number of nitrogens with one attached hydrogen (secondary N) is 3. The van der Waals surface area contributed by atoms with Gasteiger partial charge in [-0.25, -0.2) is 13.1 Å². The number of aliphatic imine (C=N–C) groups is 1. The van der Waals surface area contributed by atoms with Crippen LogP contribution >= 0.6 is 24.0 Å². The Hall–Kier alpha value is -0.910. The van der Waals surface area contributed by atoms with Crippen molar-refractivity contribution in [2.24, 2.45) is 4.99 Å². The fourth-order valence-corrected chi connectivity index (χ4v) is 4.79. The van der Waals surface area contributed by atoms with E-state index in [9.17, 15) is 8.42 Å². The van der Waals surface area contributed by atoms with E-state index in [-0.39, 0.29) is 35.8 Å². The van der Waals surface area contributed by atoms with Crippen LogP contribution in [0.2, 0.25) is 0 Å². The lowest BCUT2D eigenvalue weighted by Gasteiger charge is -2.30. The zero-order chi connectivity index (χ0) is 22.7. The van der Waals surface area contributed by atoms with Crippen LogP contribution in [0.1, 0.15) is 59.1 Å². The van der Waals surface area contributed by atoms with E-state index < -0.39 is 10.0 Å². The van der Waals surface area contributed by atoms with E-state index in [0.717, 1.165) is 36.6 Å². The standard InChI is InChI=1S/C22H41N5O2S.HI/c1-17(2)26-30(28,29)16-21-11-9-20(10-12-21)15-25-22(23-7)24-13-8-14-27(18(3)4)19(5)6;/h9-12,17-19,26H,8,13-16H2,1-7H3,(H2,23,24,25);1H. The zero-order valence-corrected chi connectivity index (χ0v) is 23.3. The third kappa shape index (κ3) is 12.6. The number of guanidine groups is 1. The minimum absolute atomic E-state index is 0. The van der Waals surface area contributed by atoms with Crippen molar-refractivity contribution in [2.75, 3.05) is 20.1 Å². The molecule has 0 amide bonds. The van der Waals surface area contributed by atoms with Gasteiger partial charge in [-0.3, -0.25) is 9.89 Å². The number of benzene rings is 1. The summed E-state index contributed by atoms with van der Waals surface area (Å²) >= 11 is 0. The second-order valence-electron chi connectivity index (χ2n) is 8.48. The van der Waals surface area contributed by atoms with E-state index in [1.807, 2.05) is 38.1 Å². The van der Waals surface area contributed by atoms with Crippen molar-refractivity contribution in [3.8, 4) is 0 Å². The number of hydrogen-bond acceptors (Lipinski definition) is 4. The largest absolute Gasteiger partial charge is 0.356 e. The molecule has 0 saturated carbocycles. The molecule has 9 heteroatoms. The number of halogens is 1. The van der Waals surface area contributed by atoms with Crippen LogP contribution < -0.4 is 15.4 Å². The van der Waals surface area contributed by atoms with Gasteiger partial charge >= 0.3 is 0 Å². The molecule has 0 unspecified atom stereocenters. The molecular formula is C22H42IN5O2S. The molecule has 0 spiro atoms. The molecule has 1 aromatic carbocycles. The number of sulfonamides is 1. The highest BCUT2D eigenvalue weighted by Gasteiger charge is 2.13. The van der Waals surface area contributed by atoms with Gasteiger partial charge in [0.25, 0.3) is 0 Å². The minimum Gasteiger partial charge on any atom is -0.356 e. The third-order valence-electron chi connectivity index (χ3n) is 4.69. The Morgan fingerprint density at radius 3 is 2.00 bits per heavy atom. The van der Waals surface area contributed by atoms with Crippen molar-refractivity contribution >= 4 is 40.0 Å². The monoisotopic (exact) mass is 567 g/mol. The molecule has 0 radical (unpaired) electrons. The third-order valence-corrected chi connectivity index (χ3v) is 6.23. The molecule has 0 aliphatic carbocycles. The number of rotatable bonds is 12. The highest BCUT2D eigenvalue weighted by Crippen LogP contribution is 2.08. The van der Waals surface area contributed by atoms with Crippen LogP contribution in [0.5, 0.6) is 0 Å². The summed E-state index contributed by atoms with van der Waals surface area (Å²) in [6, 6.07) is 8.60. The predicted octanol–water partition coefficient (Wildman–Crippen LogP) is 3.31. The maximum absolute atomic E-state index is 12.0. The van der Waals surface area contributed by atoms with Crippen LogP contribution in [0.4, 0.5) is 0 Å². The Labute approximate surface area is 206 Å². The van der Waals surface area contributed by atoms with Crippen LogP contribution in [0.3, 0.4) is 0 Å². The van der Waals surface area contributed by atoms with Crippen LogP contribution in [-0.2, 0) is 22.3 Å². The first-order chi connectivity index (χ1) is 14.0. The maximum atomic E-state index is 12.0. The SMILES string of the molecule is CN=C(NCCCN(C(C)C)C(C)C)NCc1ccc(CS(=O)(=O)NC(C)C)cc1.I. The van der Waals surface area contributed by atoms with Gasteiger partial charge in [-0.15, -0.1) is 24.0 Å². The molecule has 0 aromatic heterocycles. The van der Waals surface area contributed by atoms with Gasteiger partial charge in [0, 0.05) is 44.8 Å². The summed E-state index contributed by atoms with van der Waals surface area (Å²) in [7, 11) is -1.54. The van der Waals surface area contributed by atoms with Gasteiger partial charge in [-0.2, -0.15) is 0 Å². The first-order valence-corrected chi connectivity index (χ1v) is 12.5. The molecule has 1 aromatic rings. The van der Waals surface area contributed by atoms with Crippen molar-refractivity contribution in [2.45, 2.75) is 78.4 Å². The van der Waals surface area contributed by atoms with Gasteiger partial charge in [0.15, 0.2) is 5.96 Å². The molecule has 0 bridgehead atoms. The highest BCUT2D eigenvalue weighted by molar-refractivity contribution is 14.0. The molecule has 0 heterocycles. The van der Waals surface area contributed by atoms with Crippen LogP contribution in [0.15, 0.2) is 29.3 Å². The molecule has 0 aliphatic rings. The first-order valence-electron chi connectivity index (χ1n) is 10.8. The van der Waals surface area contributed by atoms with Gasteiger partial charge in [-0.05, 0) is 59.1 Å².